The molecule has 29 heavy (non-hydrogen) atoms. The first-order valence-electron chi connectivity index (χ1n) is 8.87. The number of rotatable bonds is 8. The molecule has 1 N–H and O–H groups in total. The molecule has 0 aromatic heterocycles. The van der Waals surface area contributed by atoms with E-state index in [4.69, 9.17) is 14.2 Å². The number of carbonyl (C=O) groups excluding carboxylic acids is 3. The van der Waals surface area contributed by atoms with E-state index >= 15 is 0 Å². The maximum atomic E-state index is 12.3. The molecule has 2 aromatic carbocycles. The van der Waals surface area contributed by atoms with Crippen LogP contribution in [-0.4, -0.2) is 38.0 Å². The minimum absolute atomic E-state index is 0.112. The highest BCUT2D eigenvalue weighted by Crippen LogP contribution is 2.31. The van der Waals surface area contributed by atoms with E-state index < -0.39 is 18.0 Å². The molecule has 7 nitrogen and oxygen atoms in total. The minimum Gasteiger partial charge on any atom is -0.493 e. The van der Waals surface area contributed by atoms with E-state index in [2.05, 4.69) is 5.32 Å². The predicted molar refractivity (Wildman–Crippen MR) is 109 cm³/mol. The van der Waals surface area contributed by atoms with Crippen molar-refractivity contribution in [3.63, 3.8) is 0 Å². The zero-order valence-electron chi connectivity index (χ0n) is 16.7. The molecule has 2 aromatic rings. The van der Waals surface area contributed by atoms with Crippen LogP contribution in [0.1, 0.15) is 29.8 Å². The third kappa shape index (κ3) is 5.93. The zero-order valence-corrected chi connectivity index (χ0v) is 16.7. The zero-order chi connectivity index (χ0) is 21.4. The van der Waals surface area contributed by atoms with Gasteiger partial charge in [-0.2, -0.15) is 0 Å². The number of ether oxygens (including phenoxy) is 3. The van der Waals surface area contributed by atoms with Gasteiger partial charge in [0.2, 0.25) is 0 Å². The summed E-state index contributed by atoms with van der Waals surface area (Å²) < 4.78 is 15.6. The maximum Gasteiger partial charge on any atom is 0.331 e. The molecule has 1 amide bonds. The van der Waals surface area contributed by atoms with E-state index in [-0.39, 0.29) is 5.78 Å². The van der Waals surface area contributed by atoms with Gasteiger partial charge in [-0.15, -0.1) is 0 Å². The maximum absolute atomic E-state index is 12.3. The Balaban J connectivity index is 2.00. The standard InChI is InChI=1S/C22H23NO6/c1-14(24)17-8-5-9-18(13-17)23-22(26)15(2)29-20(25)12-11-16-7-6-10-19(27-3)21(16)28-4/h5-13,15H,1-4H3,(H,23,26)/b12-11+/t15-/m0/s1. The van der Waals surface area contributed by atoms with Crippen LogP contribution in [0.4, 0.5) is 5.69 Å². The molecule has 0 saturated carbocycles. The summed E-state index contributed by atoms with van der Waals surface area (Å²) in [5.41, 5.74) is 1.55. The van der Waals surface area contributed by atoms with Crippen LogP contribution in [0, 0.1) is 0 Å². The SMILES string of the molecule is COc1cccc(/C=C/C(=O)O[C@@H](C)C(=O)Nc2cccc(C(C)=O)c2)c1OC. The summed E-state index contributed by atoms with van der Waals surface area (Å²) in [5.74, 6) is -0.293. The summed E-state index contributed by atoms with van der Waals surface area (Å²) in [5, 5.41) is 2.62. The lowest BCUT2D eigenvalue weighted by atomic mass is 10.1. The van der Waals surface area contributed by atoms with Crippen molar-refractivity contribution in [2.45, 2.75) is 20.0 Å². The van der Waals surface area contributed by atoms with Crippen molar-refractivity contribution in [1.29, 1.82) is 0 Å². The fraction of sp³-hybridized carbons (Fsp3) is 0.227. The van der Waals surface area contributed by atoms with Crippen LogP contribution >= 0.6 is 0 Å². The molecule has 2 rings (SSSR count). The smallest absolute Gasteiger partial charge is 0.331 e. The van der Waals surface area contributed by atoms with Gasteiger partial charge in [-0.05, 0) is 38.1 Å². The first-order valence-corrected chi connectivity index (χ1v) is 8.87. The molecule has 7 heteroatoms. The lowest BCUT2D eigenvalue weighted by molar-refractivity contribution is -0.148. The van der Waals surface area contributed by atoms with Crippen LogP contribution in [0.25, 0.3) is 6.08 Å². The van der Waals surface area contributed by atoms with Gasteiger partial charge in [0.1, 0.15) is 0 Å². The summed E-state index contributed by atoms with van der Waals surface area (Å²) in [6.45, 7) is 2.90. The number of carbonyl (C=O) groups is 3. The number of hydrogen-bond acceptors (Lipinski definition) is 6. The Bertz CT molecular complexity index is 935. The van der Waals surface area contributed by atoms with Gasteiger partial charge in [0, 0.05) is 22.9 Å². The van der Waals surface area contributed by atoms with E-state index in [1.165, 1.54) is 40.2 Å². The third-order valence-corrected chi connectivity index (χ3v) is 4.03. The number of nitrogens with one attached hydrogen (secondary N) is 1. The number of anilines is 1. The van der Waals surface area contributed by atoms with Crippen LogP contribution in [0.2, 0.25) is 0 Å². The molecule has 0 aliphatic heterocycles. The molecule has 0 aliphatic rings. The molecule has 0 spiro atoms. The number of Topliss-reactive ketones (excluding diaryl/α,β-unsaturated/α-hetero) is 1. The van der Waals surface area contributed by atoms with Gasteiger partial charge in [-0.1, -0.05) is 24.3 Å². The van der Waals surface area contributed by atoms with E-state index in [1.807, 2.05) is 0 Å². The fourth-order valence-corrected chi connectivity index (χ4v) is 2.53. The number of ketones is 1. The average Bonchev–Trinajstić information content (AvgIpc) is 2.71. The quantitative estimate of drug-likeness (QED) is 0.417. The second-order valence-electron chi connectivity index (χ2n) is 6.12. The number of amides is 1. The summed E-state index contributed by atoms with van der Waals surface area (Å²) in [7, 11) is 3.02. The van der Waals surface area contributed by atoms with Gasteiger partial charge in [0.05, 0.1) is 14.2 Å². The lowest BCUT2D eigenvalue weighted by Crippen LogP contribution is -2.29. The number of esters is 1. The Morgan fingerprint density at radius 1 is 1.03 bits per heavy atom. The van der Waals surface area contributed by atoms with Crippen molar-refractivity contribution in [2.24, 2.45) is 0 Å². The Morgan fingerprint density at radius 3 is 2.41 bits per heavy atom. The lowest BCUT2D eigenvalue weighted by Gasteiger charge is -2.13. The van der Waals surface area contributed by atoms with Crippen molar-refractivity contribution in [3.8, 4) is 11.5 Å². The van der Waals surface area contributed by atoms with E-state index in [0.29, 0.717) is 28.3 Å². The van der Waals surface area contributed by atoms with Crippen molar-refractivity contribution in [3.05, 3.63) is 59.7 Å². The average molecular weight is 397 g/mol. The highest BCUT2D eigenvalue weighted by atomic mass is 16.5. The molecule has 0 heterocycles. The van der Waals surface area contributed by atoms with Crippen LogP contribution < -0.4 is 14.8 Å². The fourth-order valence-electron chi connectivity index (χ4n) is 2.53. The molecule has 0 saturated heterocycles. The summed E-state index contributed by atoms with van der Waals surface area (Å²) in [6, 6.07) is 11.8. The van der Waals surface area contributed by atoms with Crippen LogP contribution in [0.3, 0.4) is 0 Å². The normalized spacial score (nSPS) is 11.6. The molecule has 0 fully saturated rings. The first kappa shape index (κ1) is 21.7. The molecule has 0 unspecified atom stereocenters. The summed E-state index contributed by atoms with van der Waals surface area (Å²) in [4.78, 5) is 35.8. The minimum atomic E-state index is -1.03. The molecule has 152 valence electrons. The van der Waals surface area contributed by atoms with Crippen LogP contribution in [0.5, 0.6) is 11.5 Å². The second kappa shape index (κ2) is 10.1. The number of hydrogen-bond donors (Lipinski definition) is 1. The Hall–Kier alpha value is -3.61. The molecular weight excluding hydrogens is 374 g/mol. The second-order valence-corrected chi connectivity index (χ2v) is 6.12. The van der Waals surface area contributed by atoms with Gasteiger partial charge in [-0.25, -0.2) is 4.79 Å². The van der Waals surface area contributed by atoms with Crippen molar-refractivity contribution >= 4 is 29.4 Å². The van der Waals surface area contributed by atoms with E-state index in [9.17, 15) is 14.4 Å². The third-order valence-electron chi connectivity index (χ3n) is 4.03. The Labute approximate surface area is 169 Å². The topological polar surface area (TPSA) is 90.9 Å². The Morgan fingerprint density at radius 2 is 1.76 bits per heavy atom. The largest absolute Gasteiger partial charge is 0.493 e. The van der Waals surface area contributed by atoms with Crippen molar-refractivity contribution in [1.82, 2.24) is 0 Å². The molecule has 1 atom stereocenters. The highest BCUT2D eigenvalue weighted by Gasteiger charge is 2.17. The monoisotopic (exact) mass is 397 g/mol. The number of benzene rings is 2. The van der Waals surface area contributed by atoms with Gasteiger partial charge in [-0.3, -0.25) is 9.59 Å². The van der Waals surface area contributed by atoms with Crippen molar-refractivity contribution in [2.75, 3.05) is 19.5 Å². The predicted octanol–water partition coefficient (Wildman–Crippen LogP) is 3.49. The van der Waals surface area contributed by atoms with Gasteiger partial charge < -0.3 is 19.5 Å². The van der Waals surface area contributed by atoms with E-state index in [1.54, 1.807) is 42.5 Å². The van der Waals surface area contributed by atoms with Crippen LogP contribution in [-0.2, 0) is 14.3 Å². The van der Waals surface area contributed by atoms with E-state index in [0.717, 1.165) is 0 Å². The van der Waals surface area contributed by atoms with Crippen molar-refractivity contribution < 1.29 is 28.6 Å². The molecule has 0 bridgehead atoms. The van der Waals surface area contributed by atoms with Gasteiger partial charge in [0.15, 0.2) is 23.4 Å². The summed E-state index contributed by atoms with van der Waals surface area (Å²) in [6.07, 6.45) is 1.70. The van der Waals surface area contributed by atoms with Gasteiger partial charge in [0.25, 0.3) is 5.91 Å². The number of methoxy groups -OCH3 is 2. The van der Waals surface area contributed by atoms with Crippen LogP contribution in [0.15, 0.2) is 48.5 Å². The molecule has 0 radical (unpaired) electrons. The Kier molecular flexibility index (Phi) is 7.54. The molecule has 0 aliphatic carbocycles. The number of para-hydroxylation sites is 1. The first-order chi connectivity index (χ1) is 13.8. The van der Waals surface area contributed by atoms with Gasteiger partial charge >= 0.3 is 5.97 Å². The summed E-state index contributed by atoms with van der Waals surface area (Å²) >= 11 is 0. The highest BCUT2D eigenvalue weighted by molar-refractivity contribution is 5.99. The molecular formula is C22H23NO6.